The summed E-state index contributed by atoms with van der Waals surface area (Å²) in [6, 6.07) is 5.32. The van der Waals surface area contributed by atoms with Crippen LogP contribution in [0.1, 0.15) is 18.9 Å². The second-order valence-corrected chi connectivity index (χ2v) is 6.74. The highest BCUT2D eigenvalue weighted by atomic mass is 35.5. The van der Waals surface area contributed by atoms with Gasteiger partial charge in [0, 0.05) is 49.6 Å². The van der Waals surface area contributed by atoms with Gasteiger partial charge >= 0.3 is 0 Å². The Labute approximate surface area is 153 Å². The zero-order valence-electron chi connectivity index (χ0n) is 14.4. The molecule has 1 N–H and O–H groups in total. The molecule has 0 saturated carbocycles. The molecule has 0 spiro atoms. The van der Waals surface area contributed by atoms with Crippen molar-refractivity contribution in [3.8, 4) is 0 Å². The molecule has 134 valence electrons. The van der Waals surface area contributed by atoms with Crippen molar-refractivity contribution in [3.63, 3.8) is 0 Å². The summed E-state index contributed by atoms with van der Waals surface area (Å²) in [5, 5.41) is 4.05. The minimum atomic E-state index is -0.0730. The molecule has 0 bridgehead atoms. The summed E-state index contributed by atoms with van der Waals surface area (Å²) in [7, 11) is 3.90. The van der Waals surface area contributed by atoms with E-state index in [1.807, 2.05) is 25.1 Å². The van der Waals surface area contributed by atoms with Gasteiger partial charge in [0.2, 0.25) is 11.8 Å². The Hall–Kier alpha value is -1.30. The van der Waals surface area contributed by atoms with Gasteiger partial charge in [0.25, 0.3) is 0 Å². The number of benzene rings is 1. The highest BCUT2D eigenvalue weighted by molar-refractivity contribution is 6.35. The number of hydrogen-bond donors (Lipinski definition) is 1. The summed E-state index contributed by atoms with van der Waals surface area (Å²) >= 11 is 12.0. The molecule has 7 heteroatoms. The van der Waals surface area contributed by atoms with Crippen LogP contribution in [-0.2, 0) is 16.0 Å². The van der Waals surface area contributed by atoms with Gasteiger partial charge in [0.1, 0.15) is 0 Å². The first-order valence-electron chi connectivity index (χ1n) is 7.90. The first-order chi connectivity index (χ1) is 11.3. The summed E-state index contributed by atoms with van der Waals surface area (Å²) in [4.78, 5) is 27.2. The molecular weight excluding hydrogens is 349 g/mol. The molecule has 1 aromatic carbocycles. The molecule has 0 unspecified atom stereocenters. The van der Waals surface area contributed by atoms with E-state index in [4.69, 9.17) is 23.2 Å². The van der Waals surface area contributed by atoms with Gasteiger partial charge in [-0.05, 0) is 38.2 Å². The number of nitrogens with one attached hydrogen (secondary N) is 1. The normalized spacial score (nSPS) is 10.8. The first-order valence-corrected chi connectivity index (χ1v) is 8.66. The Balaban J connectivity index is 2.33. The molecule has 0 aliphatic heterocycles. The molecule has 0 heterocycles. The van der Waals surface area contributed by atoms with Crippen molar-refractivity contribution in [2.75, 3.05) is 40.3 Å². The minimum Gasteiger partial charge on any atom is -0.356 e. The van der Waals surface area contributed by atoms with Crippen molar-refractivity contribution in [2.45, 2.75) is 19.8 Å². The zero-order chi connectivity index (χ0) is 18.1. The highest BCUT2D eigenvalue weighted by Crippen LogP contribution is 2.20. The third-order valence-electron chi connectivity index (χ3n) is 3.60. The van der Waals surface area contributed by atoms with E-state index in [1.54, 1.807) is 17.0 Å². The van der Waals surface area contributed by atoms with Crippen LogP contribution in [0.3, 0.4) is 0 Å². The predicted octanol–water partition coefficient (Wildman–Crippen LogP) is 2.45. The van der Waals surface area contributed by atoms with Crippen LogP contribution in [0.5, 0.6) is 0 Å². The van der Waals surface area contributed by atoms with Gasteiger partial charge in [0.15, 0.2) is 0 Å². The van der Waals surface area contributed by atoms with Crippen LogP contribution in [-0.4, -0.2) is 61.9 Å². The van der Waals surface area contributed by atoms with E-state index in [9.17, 15) is 9.59 Å². The molecule has 0 fully saturated rings. The quantitative estimate of drug-likeness (QED) is 0.723. The predicted molar refractivity (Wildman–Crippen MR) is 98.6 cm³/mol. The van der Waals surface area contributed by atoms with Gasteiger partial charge in [-0.1, -0.05) is 29.3 Å². The summed E-state index contributed by atoms with van der Waals surface area (Å²) in [6.07, 6.45) is 0.931. The van der Waals surface area contributed by atoms with Crippen LogP contribution < -0.4 is 5.32 Å². The smallest absolute Gasteiger partial charge is 0.221 e. The summed E-state index contributed by atoms with van der Waals surface area (Å²) < 4.78 is 0. The fraction of sp³-hybridized carbons (Fsp3) is 0.529. The maximum Gasteiger partial charge on any atom is 0.221 e. The van der Waals surface area contributed by atoms with E-state index in [1.165, 1.54) is 6.92 Å². The van der Waals surface area contributed by atoms with Gasteiger partial charge in [-0.15, -0.1) is 0 Å². The van der Waals surface area contributed by atoms with Crippen LogP contribution in [0.2, 0.25) is 10.0 Å². The number of rotatable bonds is 9. The van der Waals surface area contributed by atoms with Gasteiger partial charge < -0.3 is 15.1 Å². The molecule has 0 saturated heterocycles. The van der Waals surface area contributed by atoms with Crippen molar-refractivity contribution in [1.82, 2.24) is 15.1 Å². The Bertz CT molecular complexity index is 565. The molecule has 1 aromatic rings. The number of carbonyl (C=O) groups excluding carboxylic acids is 2. The number of halogens is 2. The van der Waals surface area contributed by atoms with E-state index in [0.29, 0.717) is 42.5 Å². The average Bonchev–Trinajstić information content (AvgIpc) is 2.48. The molecule has 0 aliphatic rings. The molecule has 2 amide bonds. The van der Waals surface area contributed by atoms with Gasteiger partial charge in [0.05, 0.1) is 0 Å². The van der Waals surface area contributed by atoms with E-state index in [2.05, 4.69) is 5.32 Å². The summed E-state index contributed by atoms with van der Waals surface area (Å²) in [5.74, 6) is -0.0891. The summed E-state index contributed by atoms with van der Waals surface area (Å²) in [5.41, 5.74) is 0.942. The summed E-state index contributed by atoms with van der Waals surface area (Å²) in [6.45, 7) is 3.84. The van der Waals surface area contributed by atoms with Crippen LogP contribution in [0, 0.1) is 0 Å². The Morgan fingerprint density at radius 1 is 1.12 bits per heavy atom. The molecule has 5 nitrogen and oxygen atoms in total. The van der Waals surface area contributed by atoms with Crippen LogP contribution in [0.15, 0.2) is 18.2 Å². The van der Waals surface area contributed by atoms with Gasteiger partial charge in [-0.3, -0.25) is 9.59 Å². The molecule has 0 atom stereocenters. The average molecular weight is 374 g/mol. The van der Waals surface area contributed by atoms with Crippen LogP contribution in [0.25, 0.3) is 0 Å². The van der Waals surface area contributed by atoms with Gasteiger partial charge in [-0.2, -0.15) is 0 Å². The van der Waals surface area contributed by atoms with Crippen molar-refractivity contribution < 1.29 is 9.59 Å². The van der Waals surface area contributed by atoms with Crippen LogP contribution in [0.4, 0.5) is 0 Å². The lowest BCUT2D eigenvalue weighted by Crippen LogP contribution is -2.38. The fourth-order valence-electron chi connectivity index (χ4n) is 2.13. The lowest BCUT2D eigenvalue weighted by Gasteiger charge is -2.22. The Morgan fingerprint density at radius 3 is 2.42 bits per heavy atom. The number of likely N-dealkylation sites (N-methyl/N-ethyl adjacent to an activating group) is 1. The van der Waals surface area contributed by atoms with E-state index in [-0.39, 0.29) is 11.8 Å². The molecule has 1 rings (SSSR count). The van der Waals surface area contributed by atoms with E-state index < -0.39 is 0 Å². The number of carbonyl (C=O) groups is 2. The van der Waals surface area contributed by atoms with Crippen LogP contribution >= 0.6 is 23.2 Å². The SMILES string of the molecule is CC(=O)N(CCC(=O)NCCc1ccc(Cl)cc1Cl)CCN(C)C. The minimum absolute atomic E-state index is 0.0161. The third-order valence-corrected chi connectivity index (χ3v) is 4.19. The molecule has 0 aliphatic carbocycles. The number of amides is 2. The Kier molecular flexibility index (Phi) is 9.11. The van der Waals surface area contributed by atoms with Crippen molar-refractivity contribution in [3.05, 3.63) is 33.8 Å². The first kappa shape index (κ1) is 20.7. The zero-order valence-corrected chi connectivity index (χ0v) is 16.0. The van der Waals surface area contributed by atoms with Crippen molar-refractivity contribution in [1.29, 1.82) is 0 Å². The second-order valence-electron chi connectivity index (χ2n) is 5.90. The Morgan fingerprint density at radius 2 is 1.83 bits per heavy atom. The molecule has 0 radical (unpaired) electrons. The van der Waals surface area contributed by atoms with Crippen molar-refractivity contribution >= 4 is 35.0 Å². The largest absolute Gasteiger partial charge is 0.356 e. The topological polar surface area (TPSA) is 52.7 Å². The van der Waals surface area contributed by atoms with E-state index >= 15 is 0 Å². The second kappa shape index (κ2) is 10.5. The van der Waals surface area contributed by atoms with Gasteiger partial charge in [-0.25, -0.2) is 0 Å². The highest BCUT2D eigenvalue weighted by Gasteiger charge is 2.11. The number of nitrogens with zero attached hydrogens (tertiary/aromatic N) is 2. The van der Waals surface area contributed by atoms with E-state index in [0.717, 1.165) is 12.1 Å². The number of hydrogen-bond acceptors (Lipinski definition) is 3. The maximum absolute atomic E-state index is 11.9. The molecule has 24 heavy (non-hydrogen) atoms. The molecular formula is C17H25Cl2N3O2. The monoisotopic (exact) mass is 373 g/mol. The fourth-order valence-corrected chi connectivity index (χ4v) is 2.64. The third kappa shape index (κ3) is 7.99. The maximum atomic E-state index is 11.9. The lowest BCUT2D eigenvalue weighted by atomic mass is 10.1. The molecule has 0 aromatic heterocycles. The standard InChI is InChI=1S/C17H25Cl2N3O2/c1-13(23)22(11-10-21(2)3)9-7-17(24)20-8-6-14-4-5-15(18)12-16(14)19/h4-5,12H,6-11H2,1-3H3,(H,20,24). The van der Waals surface area contributed by atoms with Crippen molar-refractivity contribution in [2.24, 2.45) is 0 Å². The lowest BCUT2D eigenvalue weighted by molar-refractivity contribution is -0.129.